The van der Waals surface area contributed by atoms with Crippen molar-refractivity contribution in [2.75, 3.05) is 27.8 Å². The summed E-state index contributed by atoms with van der Waals surface area (Å²) in [6.07, 6.45) is 4.33. The Morgan fingerprint density at radius 1 is 0.955 bits per heavy atom. The van der Waals surface area contributed by atoms with Gasteiger partial charge in [0.15, 0.2) is 0 Å². The predicted octanol–water partition coefficient (Wildman–Crippen LogP) is 6.95. The lowest BCUT2D eigenvalue weighted by Crippen LogP contribution is -2.61. The highest BCUT2D eigenvalue weighted by atomic mass is 16.5. The second-order valence-corrected chi connectivity index (χ2v) is 11.6. The van der Waals surface area contributed by atoms with Crippen molar-refractivity contribution in [3.8, 4) is 17.0 Å². The van der Waals surface area contributed by atoms with E-state index in [1.54, 1.807) is 19.1 Å². The first-order valence-electron chi connectivity index (χ1n) is 15.7. The molecule has 0 aliphatic rings. The minimum Gasteiger partial charge on any atom is -0.497 e. The van der Waals surface area contributed by atoms with Crippen LogP contribution >= 0.6 is 0 Å². The average Bonchev–Trinajstić information content (AvgIpc) is 3.41. The summed E-state index contributed by atoms with van der Waals surface area (Å²) in [6.45, 7) is 4.83. The van der Waals surface area contributed by atoms with Gasteiger partial charge in [-0.3, -0.25) is 9.59 Å². The zero-order chi connectivity index (χ0) is 31.5. The topological polar surface area (TPSA) is 83.7 Å². The van der Waals surface area contributed by atoms with Crippen molar-refractivity contribution >= 4 is 22.7 Å². The van der Waals surface area contributed by atoms with Crippen LogP contribution in [0.1, 0.15) is 57.1 Å². The molecule has 0 bridgehead atoms. The van der Waals surface area contributed by atoms with Crippen LogP contribution in [0.4, 0.5) is 0 Å². The molecule has 2 N–H and O–H groups in total. The third kappa shape index (κ3) is 7.88. The predicted molar refractivity (Wildman–Crippen MR) is 178 cm³/mol. The molecule has 4 aromatic rings. The van der Waals surface area contributed by atoms with Gasteiger partial charge in [0.25, 0.3) is 0 Å². The van der Waals surface area contributed by atoms with E-state index in [4.69, 9.17) is 9.47 Å². The third-order valence-corrected chi connectivity index (χ3v) is 8.54. The molecule has 44 heavy (non-hydrogen) atoms. The molecule has 2 unspecified atom stereocenters. The second kappa shape index (κ2) is 15.6. The molecule has 2 amide bonds. The molecule has 2 atom stereocenters. The molecule has 4 rings (SSSR count). The number of nitrogens with zero attached hydrogens (tertiary/aromatic N) is 1. The van der Waals surface area contributed by atoms with Crippen LogP contribution in [0.3, 0.4) is 0 Å². The number of aromatic amines is 1. The zero-order valence-electron chi connectivity index (χ0n) is 26.8. The number of ether oxygens (including phenoxy) is 2. The summed E-state index contributed by atoms with van der Waals surface area (Å²) in [5.74, 6) is 0.508. The standard InChI is InChI=1S/C37H47N3O4/c1-6-8-24-40(3)36(42)37(23-22-29(7-2)43-4,26-27-14-10-9-11-15-27)39-34(41)25-32-31-16-12-13-17-33(31)38-35(32)28-18-20-30(44-5)21-19-28/h9-21,29,38H,6-8,22-26H2,1-5H3,(H,39,41). The molecule has 7 nitrogen and oxygen atoms in total. The van der Waals surface area contributed by atoms with E-state index in [0.29, 0.717) is 25.8 Å². The quantitative estimate of drug-likeness (QED) is 0.146. The number of para-hydroxylation sites is 1. The van der Waals surface area contributed by atoms with Gasteiger partial charge < -0.3 is 24.7 Å². The fraction of sp³-hybridized carbons (Fsp3) is 0.405. The lowest BCUT2D eigenvalue weighted by molar-refractivity contribution is -0.141. The van der Waals surface area contributed by atoms with E-state index >= 15 is 0 Å². The molecule has 234 valence electrons. The first kappa shape index (κ1) is 32.8. The lowest BCUT2D eigenvalue weighted by atomic mass is 9.83. The van der Waals surface area contributed by atoms with Crippen LogP contribution in [0, 0.1) is 0 Å². The number of hydrogen-bond donors (Lipinski definition) is 2. The Hall–Kier alpha value is -4.10. The fourth-order valence-electron chi connectivity index (χ4n) is 5.99. The number of aromatic nitrogens is 1. The molecule has 0 saturated heterocycles. The number of fused-ring (bicyclic) bond motifs is 1. The number of likely N-dealkylation sites (N-methyl/N-ethyl adjacent to an activating group) is 1. The summed E-state index contributed by atoms with van der Waals surface area (Å²) in [4.78, 5) is 34.0. The summed E-state index contributed by atoms with van der Waals surface area (Å²) in [5.41, 5.74) is 3.57. The van der Waals surface area contributed by atoms with E-state index in [2.05, 4.69) is 24.1 Å². The molecule has 1 heterocycles. The first-order valence-corrected chi connectivity index (χ1v) is 15.7. The van der Waals surface area contributed by atoms with Crippen molar-refractivity contribution in [3.05, 3.63) is 90.0 Å². The van der Waals surface area contributed by atoms with Crippen LogP contribution < -0.4 is 10.1 Å². The van der Waals surface area contributed by atoms with Crippen molar-refractivity contribution < 1.29 is 19.1 Å². The largest absolute Gasteiger partial charge is 0.497 e. The molecule has 1 aromatic heterocycles. The summed E-state index contributed by atoms with van der Waals surface area (Å²) in [6, 6.07) is 25.8. The van der Waals surface area contributed by atoms with E-state index in [0.717, 1.165) is 58.3 Å². The van der Waals surface area contributed by atoms with Gasteiger partial charge in [-0.05, 0) is 72.7 Å². The number of carbonyl (C=O) groups is 2. The van der Waals surface area contributed by atoms with E-state index in [1.165, 1.54) is 0 Å². The maximum atomic E-state index is 14.4. The van der Waals surface area contributed by atoms with Crippen molar-refractivity contribution in [2.24, 2.45) is 0 Å². The number of amides is 2. The number of H-pyrrole nitrogens is 1. The van der Waals surface area contributed by atoms with Gasteiger partial charge >= 0.3 is 0 Å². The third-order valence-electron chi connectivity index (χ3n) is 8.54. The Balaban J connectivity index is 1.74. The van der Waals surface area contributed by atoms with Crippen molar-refractivity contribution in [1.82, 2.24) is 15.2 Å². The van der Waals surface area contributed by atoms with E-state index < -0.39 is 5.54 Å². The van der Waals surface area contributed by atoms with Gasteiger partial charge in [0.05, 0.1) is 25.3 Å². The second-order valence-electron chi connectivity index (χ2n) is 11.6. The van der Waals surface area contributed by atoms with E-state index in [9.17, 15) is 9.59 Å². The highest BCUT2D eigenvalue weighted by Gasteiger charge is 2.42. The van der Waals surface area contributed by atoms with Gasteiger partial charge in [-0.2, -0.15) is 0 Å². The van der Waals surface area contributed by atoms with Crippen molar-refractivity contribution in [1.29, 1.82) is 0 Å². The number of carbonyl (C=O) groups excluding carboxylic acids is 2. The summed E-state index contributed by atoms with van der Waals surface area (Å²) < 4.78 is 11.1. The van der Waals surface area contributed by atoms with Crippen molar-refractivity contribution in [3.63, 3.8) is 0 Å². The van der Waals surface area contributed by atoms with Crippen LogP contribution in [0.15, 0.2) is 78.9 Å². The number of hydrogen-bond acceptors (Lipinski definition) is 4. The molecule has 3 aromatic carbocycles. The molecule has 0 aliphatic carbocycles. The van der Waals surface area contributed by atoms with E-state index in [1.807, 2.05) is 85.9 Å². The zero-order valence-corrected chi connectivity index (χ0v) is 26.8. The van der Waals surface area contributed by atoms with Crippen LogP contribution in [-0.2, 0) is 27.2 Å². The maximum absolute atomic E-state index is 14.4. The highest BCUT2D eigenvalue weighted by Crippen LogP contribution is 2.32. The number of unbranched alkanes of at least 4 members (excludes halogenated alkanes) is 1. The van der Waals surface area contributed by atoms with Crippen LogP contribution in [0.2, 0.25) is 0 Å². The minimum absolute atomic E-state index is 0.00825. The van der Waals surface area contributed by atoms with Gasteiger partial charge in [-0.1, -0.05) is 68.8 Å². The molecule has 0 spiro atoms. The molecule has 0 saturated carbocycles. The summed E-state index contributed by atoms with van der Waals surface area (Å²) in [7, 11) is 5.20. The maximum Gasteiger partial charge on any atom is 0.248 e. The van der Waals surface area contributed by atoms with Crippen LogP contribution in [-0.4, -0.2) is 61.2 Å². The summed E-state index contributed by atoms with van der Waals surface area (Å²) >= 11 is 0. The number of nitrogens with one attached hydrogen (secondary N) is 2. The minimum atomic E-state index is -1.13. The SMILES string of the molecule is CCCCN(C)C(=O)C(CCC(CC)OC)(Cc1ccccc1)NC(=O)Cc1c(-c2ccc(OC)cc2)[nH]c2ccccc12. The first-order chi connectivity index (χ1) is 21.3. The Morgan fingerprint density at radius 2 is 1.66 bits per heavy atom. The Labute approximate surface area is 262 Å². The molecule has 7 heteroatoms. The Kier molecular flexibility index (Phi) is 11.6. The number of benzene rings is 3. The molecule has 0 aliphatic heterocycles. The molecule has 0 fully saturated rings. The van der Waals surface area contributed by atoms with Crippen LogP contribution in [0.25, 0.3) is 22.2 Å². The number of rotatable bonds is 16. The Morgan fingerprint density at radius 3 is 2.32 bits per heavy atom. The molecule has 0 radical (unpaired) electrons. The van der Waals surface area contributed by atoms with Gasteiger partial charge in [0.1, 0.15) is 11.3 Å². The highest BCUT2D eigenvalue weighted by molar-refractivity contribution is 5.97. The fourth-order valence-corrected chi connectivity index (χ4v) is 5.99. The van der Waals surface area contributed by atoms with Gasteiger partial charge in [-0.15, -0.1) is 0 Å². The smallest absolute Gasteiger partial charge is 0.248 e. The molecular formula is C37H47N3O4. The van der Waals surface area contributed by atoms with Crippen LogP contribution in [0.5, 0.6) is 5.75 Å². The van der Waals surface area contributed by atoms with Gasteiger partial charge in [-0.25, -0.2) is 0 Å². The van der Waals surface area contributed by atoms with Gasteiger partial charge in [0.2, 0.25) is 11.8 Å². The van der Waals surface area contributed by atoms with Gasteiger partial charge in [0, 0.05) is 38.0 Å². The lowest BCUT2D eigenvalue weighted by Gasteiger charge is -2.38. The summed E-state index contributed by atoms with van der Waals surface area (Å²) in [5, 5.41) is 4.31. The average molecular weight is 598 g/mol. The monoisotopic (exact) mass is 597 g/mol. The Bertz CT molecular complexity index is 1490. The normalized spacial score (nSPS) is 13.3. The number of methoxy groups -OCH3 is 2. The molecular weight excluding hydrogens is 550 g/mol. The van der Waals surface area contributed by atoms with Crippen molar-refractivity contribution in [2.45, 2.75) is 70.4 Å². The van der Waals surface area contributed by atoms with E-state index in [-0.39, 0.29) is 24.3 Å².